The van der Waals surface area contributed by atoms with Gasteiger partial charge in [-0.2, -0.15) is 0 Å². The molecule has 0 unspecified atom stereocenters. The molecule has 116 valence electrons. The average molecular weight is 296 g/mol. The second-order valence-electron chi connectivity index (χ2n) is 6.45. The zero-order valence-corrected chi connectivity index (χ0v) is 12.7. The Hall–Kier alpha value is -1.96. The summed E-state index contributed by atoms with van der Waals surface area (Å²) >= 11 is 0. The molecule has 0 aliphatic carbocycles. The molecule has 0 bridgehead atoms. The number of aromatic nitrogens is 3. The molecule has 1 aliphatic heterocycles. The summed E-state index contributed by atoms with van der Waals surface area (Å²) in [6.07, 6.45) is 1.36. The zero-order chi connectivity index (χ0) is 15.8. The number of carbonyl (C=O) groups excluding carboxylic acids is 1. The number of hydrogen-bond acceptors (Lipinski definition) is 5. The molecule has 1 saturated heterocycles. The van der Waals surface area contributed by atoms with Crippen molar-refractivity contribution in [2.45, 2.75) is 45.4 Å². The molecule has 8 heteroatoms. The van der Waals surface area contributed by atoms with Gasteiger partial charge in [-0.1, -0.05) is 5.21 Å². The van der Waals surface area contributed by atoms with Crippen LogP contribution in [-0.2, 0) is 16.1 Å². The molecule has 0 radical (unpaired) electrons. The van der Waals surface area contributed by atoms with Gasteiger partial charge in [-0.15, -0.1) is 5.10 Å². The van der Waals surface area contributed by atoms with Gasteiger partial charge < -0.3 is 14.7 Å². The fraction of sp³-hybridized carbons (Fsp3) is 0.692. The molecule has 1 N–H and O–H groups in total. The van der Waals surface area contributed by atoms with Gasteiger partial charge in [0.2, 0.25) is 0 Å². The van der Waals surface area contributed by atoms with Gasteiger partial charge in [0.1, 0.15) is 6.54 Å². The molecule has 0 saturated carbocycles. The molecule has 21 heavy (non-hydrogen) atoms. The van der Waals surface area contributed by atoms with Crippen LogP contribution in [0.4, 0.5) is 0 Å². The third-order valence-electron chi connectivity index (χ3n) is 3.39. The molecule has 1 aromatic rings. The normalized spacial score (nSPS) is 20.3. The van der Waals surface area contributed by atoms with Crippen LogP contribution in [-0.4, -0.2) is 61.2 Å². The number of aliphatic carboxylic acids is 1. The van der Waals surface area contributed by atoms with Crippen molar-refractivity contribution < 1.29 is 19.4 Å². The van der Waals surface area contributed by atoms with E-state index in [1.165, 1.54) is 6.20 Å². The van der Waals surface area contributed by atoms with Crippen LogP contribution in [0.2, 0.25) is 0 Å². The summed E-state index contributed by atoms with van der Waals surface area (Å²) < 4.78 is 6.87. The van der Waals surface area contributed by atoms with Crippen molar-refractivity contribution in [3.8, 4) is 0 Å². The smallest absolute Gasteiger partial charge is 0.325 e. The van der Waals surface area contributed by atoms with E-state index in [1.807, 2.05) is 27.7 Å². The zero-order valence-electron chi connectivity index (χ0n) is 12.7. The van der Waals surface area contributed by atoms with Gasteiger partial charge in [-0.3, -0.25) is 9.59 Å². The molecular weight excluding hydrogens is 276 g/mol. The summed E-state index contributed by atoms with van der Waals surface area (Å²) in [5.74, 6) is -1.31. The van der Waals surface area contributed by atoms with Crippen LogP contribution < -0.4 is 0 Å². The third-order valence-corrected chi connectivity index (χ3v) is 3.39. The summed E-state index contributed by atoms with van der Waals surface area (Å²) in [5.41, 5.74) is -0.743. The summed E-state index contributed by atoms with van der Waals surface area (Å²) in [6.45, 7) is 8.22. The second-order valence-corrected chi connectivity index (χ2v) is 6.45. The predicted molar refractivity (Wildman–Crippen MR) is 72.8 cm³/mol. The molecule has 1 aromatic heterocycles. The molecule has 2 rings (SSSR count). The van der Waals surface area contributed by atoms with Crippen molar-refractivity contribution >= 4 is 11.9 Å². The van der Waals surface area contributed by atoms with Gasteiger partial charge in [0.15, 0.2) is 5.69 Å². The topological polar surface area (TPSA) is 97.6 Å². The molecular formula is C13H20N4O4. The van der Waals surface area contributed by atoms with Crippen LogP contribution in [0.1, 0.15) is 38.2 Å². The Morgan fingerprint density at radius 3 is 2.67 bits per heavy atom. The number of nitrogens with zero attached hydrogens (tertiary/aromatic N) is 4. The molecule has 0 spiro atoms. The van der Waals surface area contributed by atoms with E-state index in [9.17, 15) is 9.59 Å². The maximum Gasteiger partial charge on any atom is 0.325 e. The van der Waals surface area contributed by atoms with Gasteiger partial charge >= 0.3 is 5.97 Å². The van der Waals surface area contributed by atoms with Crippen molar-refractivity contribution in [3.05, 3.63) is 11.9 Å². The van der Waals surface area contributed by atoms with Crippen molar-refractivity contribution in [2.75, 3.05) is 13.2 Å². The highest BCUT2D eigenvalue weighted by Crippen LogP contribution is 2.28. The van der Waals surface area contributed by atoms with E-state index >= 15 is 0 Å². The maximum atomic E-state index is 12.6. The molecule has 1 fully saturated rings. The molecule has 1 aliphatic rings. The van der Waals surface area contributed by atoms with Crippen molar-refractivity contribution in [3.63, 3.8) is 0 Å². The quantitative estimate of drug-likeness (QED) is 0.866. The maximum absolute atomic E-state index is 12.6. The van der Waals surface area contributed by atoms with Gasteiger partial charge in [-0.05, 0) is 27.7 Å². The van der Waals surface area contributed by atoms with Crippen LogP contribution >= 0.6 is 0 Å². The number of morpholine rings is 1. The Morgan fingerprint density at radius 2 is 2.05 bits per heavy atom. The summed E-state index contributed by atoms with van der Waals surface area (Å²) in [5, 5.41) is 16.2. The number of amides is 1. The van der Waals surface area contributed by atoms with Crippen molar-refractivity contribution in [1.82, 2.24) is 19.9 Å². The van der Waals surface area contributed by atoms with E-state index in [0.717, 1.165) is 4.68 Å². The van der Waals surface area contributed by atoms with Gasteiger partial charge in [-0.25, -0.2) is 4.68 Å². The van der Waals surface area contributed by atoms with E-state index in [4.69, 9.17) is 9.84 Å². The second kappa shape index (κ2) is 5.10. The first-order valence-electron chi connectivity index (χ1n) is 6.69. The molecule has 8 nitrogen and oxygen atoms in total. The van der Waals surface area contributed by atoms with E-state index in [2.05, 4.69) is 10.3 Å². The Morgan fingerprint density at radius 1 is 1.38 bits per heavy atom. The predicted octanol–water partition coefficient (Wildman–Crippen LogP) is 0.392. The standard InChI is InChI=1S/C13H20N4O4/c1-12(2)8-21-13(3,4)7-17(12)11(20)9-5-16(15-14-9)6-10(18)19/h5H,6-8H2,1-4H3,(H,18,19). The van der Waals surface area contributed by atoms with Crippen LogP contribution in [0.5, 0.6) is 0 Å². The lowest BCUT2D eigenvalue weighted by molar-refractivity contribution is -0.137. The van der Waals surface area contributed by atoms with E-state index in [1.54, 1.807) is 4.90 Å². The first-order chi connectivity index (χ1) is 9.61. The highest BCUT2D eigenvalue weighted by Gasteiger charge is 2.42. The number of hydrogen-bond donors (Lipinski definition) is 1. The molecule has 0 atom stereocenters. The number of carbonyl (C=O) groups is 2. The van der Waals surface area contributed by atoms with Gasteiger partial charge in [0.25, 0.3) is 5.91 Å². The van der Waals surface area contributed by atoms with Gasteiger partial charge in [0, 0.05) is 0 Å². The first kappa shape index (κ1) is 15.4. The summed E-state index contributed by atoms with van der Waals surface area (Å²) in [6, 6.07) is 0. The summed E-state index contributed by atoms with van der Waals surface area (Å²) in [7, 11) is 0. The largest absolute Gasteiger partial charge is 0.480 e. The lowest BCUT2D eigenvalue weighted by Gasteiger charge is -2.48. The fourth-order valence-corrected chi connectivity index (χ4v) is 2.19. The highest BCUT2D eigenvalue weighted by atomic mass is 16.5. The van der Waals surface area contributed by atoms with E-state index < -0.39 is 17.1 Å². The van der Waals surface area contributed by atoms with E-state index in [0.29, 0.717) is 13.2 Å². The monoisotopic (exact) mass is 296 g/mol. The van der Waals surface area contributed by atoms with Crippen LogP contribution in [0.15, 0.2) is 6.20 Å². The Balaban J connectivity index is 2.21. The SMILES string of the molecule is CC1(C)CN(C(=O)c2cn(CC(=O)O)nn2)C(C)(C)CO1. The Bertz CT molecular complexity index is 564. The van der Waals surface area contributed by atoms with Gasteiger partial charge in [0.05, 0.1) is 30.5 Å². The number of carboxylic acid groups (broad SMARTS) is 1. The first-order valence-corrected chi connectivity index (χ1v) is 6.69. The van der Waals surface area contributed by atoms with Crippen LogP contribution in [0.3, 0.4) is 0 Å². The number of ether oxygens (including phenoxy) is 1. The number of rotatable bonds is 3. The molecule has 1 amide bonds. The van der Waals surface area contributed by atoms with Crippen molar-refractivity contribution in [2.24, 2.45) is 0 Å². The highest BCUT2D eigenvalue weighted by molar-refractivity contribution is 5.92. The number of carboxylic acids is 1. The van der Waals surface area contributed by atoms with E-state index in [-0.39, 0.29) is 18.1 Å². The summed E-state index contributed by atoms with van der Waals surface area (Å²) in [4.78, 5) is 24.9. The lowest BCUT2D eigenvalue weighted by Crippen LogP contribution is -2.61. The van der Waals surface area contributed by atoms with Crippen LogP contribution in [0, 0.1) is 0 Å². The lowest BCUT2D eigenvalue weighted by atomic mass is 9.95. The minimum absolute atomic E-state index is 0.141. The van der Waals surface area contributed by atoms with Crippen molar-refractivity contribution in [1.29, 1.82) is 0 Å². The Labute approximate surface area is 122 Å². The minimum Gasteiger partial charge on any atom is -0.480 e. The van der Waals surface area contributed by atoms with Crippen LogP contribution in [0.25, 0.3) is 0 Å². The minimum atomic E-state index is -1.04. The average Bonchev–Trinajstić information content (AvgIpc) is 2.79. The molecule has 0 aromatic carbocycles. The fourth-order valence-electron chi connectivity index (χ4n) is 2.19. The third kappa shape index (κ3) is 3.38. The Kier molecular flexibility index (Phi) is 3.75. The molecule has 2 heterocycles.